The van der Waals surface area contributed by atoms with E-state index in [-0.39, 0.29) is 66.2 Å². The van der Waals surface area contributed by atoms with Crippen molar-refractivity contribution in [3.63, 3.8) is 0 Å². The Morgan fingerprint density at radius 3 is 2.20 bits per heavy atom. The van der Waals surface area contributed by atoms with E-state index in [0.717, 1.165) is 109 Å². The second-order valence-corrected chi connectivity index (χ2v) is 36.5. The highest BCUT2D eigenvalue weighted by Gasteiger charge is 2.49. The average molecular weight is 1640 g/mol. The molecule has 2 aromatic heterocycles. The molecular formula is C81H99ClF3N11O12S4. The number of nitrogens with zero attached hydrogens (tertiary/aromatic N) is 8. The highest BCUT2D eigenvalue weighted by atomic mass is 35.5. The van der Waals surface area contributed by atoms with Crippen LogP contribution >= 0.6 is 34.7 Å². The number of amides is 4. The third-order valence-corrected chi connectivity index (χ3v) is 27.2. The van der Waals surface area contributed by atoms with Crippen LogP contribution in [0.4, 0.5) is 35.0 Å². The third-order valence-electron chi connectivity index (χ3n) is 21.8. The lowest BCUT2D eigenvalue weighted by molar-refractivity contribution is -0.141. The molecule has 6 heterocycles. The Balaban J connectivity index is 0.591. The minimum absolute atomic E-state index is 0.00540. The van der Waals surface area contributed by atoms with Gasteiger partial charge in [-0.2, -0.15) is 13.2 Å². The van der Waals surface area contributed by atoms with Crippen molar-refractivity contribution >= 4 is 100.0 Å². The number of piperazine rings is 2. The van der Waals surface area contributed by atoms with Gasteiger partial charge >= 0.3 is 10.7 Å². The molecular weight excluding hydrogens is 1540 g/mol. The number of rotatable bonds is 30. The number of thioether (sulfide) groups is 1. The molecule has 0 spiro atoms. The second-order valence-electron chi connectivity index (χ2n) is 30.4. The lowest BCUT2D eigenvalue weighted by atomic mass is 9.71. The number of halogens is 4. The lowest BCUT2D eigenvalue weighted by Gasteiger charge is -2.44. The van der Waals surface area contributed by atoms with Crippen LogP contribution in [0.15, 0.2) is 158 Å². The minimum Gasteiger partial charge on any atom is -0.476 e. The zero-order chi connectivity index (χ0) is 79.5. The van der Waals surface area contributed by atoms with Crippen molar-refractivity contribution in [1.82, 2.24) is 40.0 Å². The molecule has 602 valence electrons. The summed E-state index contributed by atoms with van der Waals surface area (Å²) in [5.41, 5.74) is 3.23. The summed E-state index contributed by atoms with van der Waals surface area (Å²) in [6, 6.07) is 34.0. The molecule has 12 rings (SSSR count). The van der Waals surface area contributed by atoms with Crippen LogP contribution in [0.25, 0.3) is 16.0 Å². The van der Waals surface area contributed by atoms with Crippen molar-refractivity contribution < 1.29 is 68.3 Å². The van der Waals surface area contributed by atoms with Crippen LogP contribution in [0, 0.1) is 18.3 Å². The Morgan fingerprint density at radius 2 is 1.52 bits per heavy atom. The van der Waals surface area contributed by atoms with Crippen molar-refractivity contribution in [3.05, 3.63) is 166 Å². The fourth-order valence-electron chi connectivity index (χ4n) is 15.5. The molecule has 31 heteroatoms. The van der Waals surface area contributed by atoms with E-state index in [1.807, 2.05) is 105 Å². The second kappa shape index (κ2) is 37.1. The van der Waals surface area contributed by atoms with E-state index in [1.165, 1.54) is 27.8 Å². The quantitative estimate of drug-likeness (QED) is 0.0241. The van der Waals surface area contributed by atoms with Gasteiger partial charge in [0.15, 0.2) is 5.76 Å². The van der Waals surface area contributed by atoms with Crippen molar-refractivity contribution in [2.45, 2.75) is 136 Å². The number of aliphatic hydroxyl groups excluding tert-OH is 1. The van der Waals surface area contributed by atoms with Gasteiger partial charge in [0.05, 0.1) is 58.6 Å². The van der Waals surface area contributed by atoms with Gasteiger partial charge in [0.2, 0.25) is 17.7 Å². The van der Waals surface area contributed by atoms with E-state index in [4.69, 9.17) is 25.6 Å². The smallest absolute Gasteiger partial charge is 0.476 e. The molecule has 1 aliphatic carbocycles. The summed E-state index contributed by atoms with van der Waals surface area (Å²) in [5, 5.41) is 22.5. The first-order chi connectivity index (χ1) is 53.6. The molecule has 5 aliphatic rings. The first kappa shape index (κ1) is 83.5. The number of morpholine rings is 1. The number of nitrogens with one attached hydrogen (secondary N) is 3. The third kappa shape index (κ3) is 21.0. The van der Waals surface area contributed by atoms with Gasteiger partial charge < -0.3 is 49.8 Å². The summed E-state index contributed by atoms with van der Waals surface area (Å²) < 4.78 is 115. The van der Waals surface area contributed by atoms with E-state index in [9.17, 15) is 54.3 Å². The summed E-state index contributed by atoms with van der Waals surface area (Å²) >= 11 is 9.40. The van der Waals surface area contributed by atoms with Gasteiger partial charge in [0, 0.05) is 144 Å². The molecule has 5 aromatic carbocycles. The van der Waals surface area contributed by atoms with Crippen molar-refractivity contribution in [3.8, 4) is 16.3 Å². The number of alkyl halides is 3. The molecule has 0 saturated carbocycles. The number of carbonyl (C=O) groups is 4. The van der Waals surface area contributed by atoms with Crippen molar-refractivity contribution in [2.24, 2.45) is 11.3 Å². The molecule has 4 saturated heterocycles. The van der Waals surface area contributed by atoms with Crippen LogP contribution in [0.2, 0.25) is 5.02 Å². The van der Waals surface area contributed by atoms with Crippen LogP contribution in [-0.4, -0.2) is 220 Å². The maximum atomic E-state index is 14.4. The maximum absolute atomic E-state index is 14.4. The standard InChI is InChI=1S/C81H99ClF3N11O12S4/c1-54(2)75(78(100)96-50-65(97)45-70(96)77(99)87-55(3)57-14-16-59(17-15-57)76-56(4)86-53-110-76)71-47-73(90-108-71)107-42-10-9-13-74(98)95-38-34-93(35-39-95)52-80(5)30-28-68(58-18-20-61(82)21-19-58)60(48-80)49-92-32-36-94(37-33-92)64-24-22-62(23-25-64)89-79(101)111(102,103)67-26-27-69(72(46-67)112(104,105)81(83,84)85)88-63(29-31-91-40-43-106-44-41-91)51-109-66-11-7-6-8-12-66/h6-8,11-12,14-27,46-47,53-55,63,65,70,75,88,97H,9-10,13,28-45,48-52H2,1-5H3,(H,87,99)(H,89,101)/t55-,63+,65+,70-,75+,80+/m0/s1. The topological polar surface area (TPSA) is 270 Å². The minimum atomic E-state index is -6.13. The maximum Gasteiger partial charge on any atom is 0.501 e. The van der Waals surface area contributed by atoms with Crippen molar-refractivity contribution in [2.75, 3.05) is 133 Å². The highest BCUT2D eigenvalue weighted by molar-refractivity contribution is 8.06. The number of β-amino-alcohol motifs (C(OH)–C–C–N with tert-alkyl or cyclic N) is 1. The molecule has 0 radical (unpaired) electrons. The van der Waals surface area contributed by atoms with Crippen LogP contribution in [0.1, 0.15) is 114 Å². The number of hydrogen-bond acceptors (Lipinski definition) is 21. The Kier molecular flexibility index (Phi) is 27.7. The number of unbranched alkanes of at least 4 members (excludes halogenated alkanes) is 1. The van der Waals surface area contributed by atoms with Crippen LogP contribution in [0.3, 0.4) is 0 Å². The molecule has 4 aliphatic heterocycles. The molecule has 7 aromatic rings. The predicted molar refractivity (Wildman–Crippen MR) is 429 cm³/mol. The number of likely N-dealkylation sites (tertiary alicyclic amines) is 1. The number of anilines is 3. The lowest BCUT2D eigenvalue weighted by Crippen LogP contribution is -2.51. The highest BCUT2D eigenvalue weighted by Crippen LogP contribution is 2.45. The number of sulfone groups is 2. The number of allylic oxidation sites excluding steroid dienone is 1. The first-order valence-corrected chi connectivity index (χ1v) is 43.5. The molecule has 0 bridgehead atoms. The number of aromatic nitrogens is 2. The number of carbonyl (C=O) groups excluding carboxylic acids is 4. The number of aliphatic hydroxyl groups is 1. The number of hydrogen-bond donors (Lipinski definition) is 4. The molecule has 0 unspecified atom stereocenters. The van der Waals surface area contributed by atoms with Gasteiger partial charge in [-0.05, 0) is 158 Å². The summed E-state index contributed by atoms with van der Waals surface area (Å²) in [4.78, 5) is 72.2. The fourth-order valence-corrected chi connectivity index (χ4v) is 19.5. The monoisotopic (exact) mass is 1640 g/mol. The molecule has 112 heavy (non-hydrogen) atoms. The van der Waals surface area contributed by atoms with Gasteiger partial charge in [-0.25, -0.2) is 21.8 Å². The normalized spacial score (nSPS) is 20.0. The van der Waals surface area contributed by atoms with Crippen molar-refractivity contribution in [1.29, 1.82) is 0 Å². The summed E-state index contributed by atoms with van der Waals surface area (Å²) in [7, 11) is -11.2. The first-order valence-electron chi connectivity index (χ1n) is 38.3. The molecule has 4 N–H and O–H groups in total. The zero-order valence-corrected chi connectivity index (χ0v) is 67.7. The fraction of sp³-hybridized carbons (Fsp3) is 0.481. The van der Waals surface area contributed by atoms with E-state index in [1.54, 1.807) is 41.7 Å². The summed E-state index contributed by atoms with van der Waals surface area (Å²) in [5.74, 6) is -0.779. The Labute approximate surface area is 666 Å². The molecule has 4 amide bonds. The zero-order valence-electron chi connectivity index (χ0n) is 63.7. The SMILES string of the molecule is Cc1ncsc1-c1ccc([C@H](C)NC(=O)[C@@H]2C[C@@H](O)CN2C(=O)[C@@H](c2cc(OCCCCC(=O)N3CCN(C[C@]4(C)CCC(c5ccc(Cl)cc5)=C(CN5CCN(c6ccc(NC(=O)S(=O)(=O)c7ccc(N[C@H](CCN8CCOCC8)CSc8ccccc8)c(S(=O)(=O)C(F)(F)F)c7)cc6)CC5)C4)CC3)no2)C(C)C)cc1. The van der Waals surface area contributed by atoms with Gasteiger partial charge in [-0.15, -0.1) is 23.1 Å². The largest absolute Gasteiger partial charge is 0.501 e. The van der Waals surface area contributed by atoms with Crippen LogP contribution in [0.5, 0.6) is 5.88 Å². The molecule has 6 atom stereocenters. The van der Waals surface area contributed by atoms with Crippen LogP contribution < -0.4 is 25.6 Å². The Bertz CT molecular complexity index is 4650. The van der Waals surface area contributed by atoms with Gasteiger partial charge in [-0.1, -0.05) is 92.5 Å². The van der Waals surface area contributed by atoms with Gasteiger partial charge in [0.25, 0.3) is 25.6 Å². The average Bonchev–Trinajstić information content (AvgIpc) is 0.973. The van der Waals surface area contributed by atoms with E-state index < -0.39 is 70.0 Å². The van der Waals surface area contributed by atoms with Gasteiger partial charge in [0.1, 0.15) is 16.9 Å². The number of benzene rings is 5. The molecule has 4 fully saturated rings. The Morgan fingerprint density at radius 1 is 0.821 bits per heavy atom. The predicted octanol–water partition coefficient (Wildman–Crippen LogP) is 13.1. The van der Waals surface area contributed by atoms with Gasteiger partial charge in [-0.3, -0.25) is 33.9 Å². The number of aryl methyl sites for hydroxylation is 1. The van der Waals surface area contributed by atoms with E-state index >= 15 is 0 Å². The van der Waals surface area contributed by atoms with E-state index in [0.29, 0.717) is 107 Å². The molecule has 23 nitrogen and oxygen atoms in total. The summed E-state index contributed by atoms with van der Waals surface area (Å²) in [6.45, 7) is 20.4. The van der Waals surface area contributed by atoms with E-state index in [2.05, 4.69) is 64.7 Å². The Hall–Kier alpha value is -7.91. The van der Waals surface area contributed by atoms with Crippen LogP contribution in [-0.2, 0) is 38.8 Å². The summed E-state index contributed by atoms with van der Waals surface area (Å²) in [6.07, 6.45) is 3.97. The number of ether oxygens (including phenoxy) is 2. The number of thiazole rings is 1.